The third-order valence-corrected chi connectivity index (χ3v) is 4.00. The van der Waals surface area contributed by atoms with Gasteiger partial charge in [-0.2, -0.15) is 0 Å². The van der Waals surface area contributed by atoms with Gasteiger partial charge in [0, 0.05) is 25.4 Å². The average molecular weight is 313 g/mol. The van der Waals surface area contributed by atoms with Crippen molar-refractivity contribution in [3.05, 3.63) is 16.1 Å². The zero-order valence-corrected chi connectivity index (χ0v) is 13.6. The summed E-state index contributed by atoms with van der Waals surface area (Å²) in [5, 5.41) is 14.4. The molecule has 7 heteroatoms. The number of aromatic nitrogens is 1. The molecule has 0 aromatic carbocycles. The summed E-state index contributed by atoms with van der Waals surface area (Å²) < 4.78 is 0. The van der Waals surface area contributed by atoms with E-state index in [1.165, 1.54) is 0 Å². The zero-order valence-electron chi connectivity index (χ0n) is 12.8. The molecule has 1 heterocycles. The number of carboxylic acids is 1. The van der Waals surface area contributed by atoms with Crippen LogP contribution in [0, 0.1) is 12.8 Å². The topological polar surface area (TPSA) is 82.5 Å². The number of carboxylic acid groups (broad SMARTS) is 1. The van der Waals surface area contributed by atoms with E-state index in [1.54, 1.807) is 23.3 Å². The number of hydrogen-bond donors (Lipinski definition) is 2. The molecule has 118 valence electrons. The molecule has 0 spiro atoms. The molecule has 1 rings (SSSR count). The second kappa shape index (κ2) is 8.61. The van der Waals surface area contributed by atoms with Gasteiger partial charge in [-0.25, -0.2) is 9.78 Å². The number of amides is 2. The maximum Gasteiger partial charge on any atom is 0.317 e. The summed E-state index contributed by atoms with van der Waals surface area (Å²) in [5.74, 6) is -0.489. The Balaban J connectivity index is 2.22. The lowest BCUT2D eigenvalue weighted by Crippen LogP contribution is -2.37. The monoisotopic (exact) mass is 313 g/mol. The van der Waals surface area contributed by atoms with Crippen molar-refractivity contribution in [3.8, 4) is 0 Å². The van der Waals surface area contributed by atoms with Crippen LogP contribution < -0.4 is 5.32 Å². The number of carbonyl (C=O) groups excluding carboxylic acids is 1. The van der Waals surface area contributed by atoms with Crippen molar-refractivity contribution in [2.24, 2.45) is 5.92 Å². The van der Waals surface area contributed by atoms with E-state index in [9.17, 15) is 9.59 Å². The summed E-state index contributed by atoms with van der Waals surface area (Å²) in [5.41, 5.74) is 0.893. The number of thiazole rings is 1. The molecule has 21 heavy (non-hydrogen) atoms. The van der Waals surface area contributed by atoms with Gasteiger partial charge in [0.25, 0.3) is 0 Å². The molecule has 2 N–H and O–H groups in total. The lowest BCUT2D eigenvalue weighted by atomic mass is 10.0. The number of rotatable bonds is 8. The van der Waals surface area contributed by atoms with Crippen LogP contribution in [-0.2, 0) is 11.3 Å². The van der Waals surface area contributed by atoms with Crippen LogP contribution in [0.15, 0.2) is 5.38 Å². The standard InChI is InChI=1S/C14H23N3O3S/c1-10(4-5-13(18)19)6-7-15-14(20)17(3)8-12-9-21-11(2)16-12/h9-10H,4-8H2,1-3H3,(H,15,20)(H,18,19). The predicted molar refractivity (Wildman–Crippen MR) is 82.4 cm³/mol. The molecule has 0 aliphatic rings. The van der Waals surface area contributed by atoms with Crippen molar-refractivity contribution in [1.82, 2.24) is 15.2 Å². The Morgan fingerprint density at radius 3 is 2.76 bits per heavy atom. The van der Waals surface area contributed by atoms with Crippen molar-refractivity contribution in [2.45, 2.75) is 39.7 Å². The van der Waals surface area contributed by atoms with Crippen molar-refractivity contribution in [3.63, 3.8) is 0 Å². The van der Waals surface area contributed by atoms with Gasteiger partial charge in [-0.1, -0.05) is 6.92 Å². The smallest absolute Gasteiger partial charge is 0.317 e. The first kappa shape index (κ1) is 17.4. The molecular formula is C14H23N3O3S. The van der Waals surface area contributed by atoms with Gasteiger partial charge in [0.2, 0.25) is 0 Å². The van der Waals surface area contributed by atoms with E-state index < -0.39 is 5.97 Å². The quantitative estimate of drug-likeness (QED) is 0.772. The molecule has 0 radical (unpaired) electrons. The number of nitrogens with zero attached hydrogens (tertiary/aromatic N) is 2. The summed E-state index contributed by atoms with van der Waals surface area (Å²) in [6, 6.07) is -0.133. The van der Waals surface area contributed by atoms with Gasteiger partial charge in [0.1, 0.15) is 0 Å². The molecule has 0 aliphatic heterocycles. The first-order chi connectivity index (χ1) is 9.88. The van der Waals surface area contributed by atoms with Crippen LogP contribution >= 0.6 is 11.3 Å². The van der Waals surface area contributed by atoms with E-state index in [2.05, 4.69) is 10.3 Å². The Morgan fingerprint density at radius 2 is 2.19 bits per heavy atom. The first-order valence-electron chi connectivity index (χ1n) is 7.00. The highest BCUT2D eigenvalue weighted by atomic mass is 32.1. The second-order valence-electron chi connectivity index (χ2n) is 5.27. The van der Waals surface area contributed by atoms with Crippen LogP contribution in [0.1, 0.15) is 36.9 Å². The number of carbonyl (C=O) groups is 2. The van der Waals surface area contributed by atoms with E-state index in [4.69, 9.17) is 5.11 Å². The van der Waals surface area contributed by atoms with Crippen LogP contribution in [-0.4, -0.2) is 40.6 Å². The zero-order chi connectivity index (χ0) is 15.8. The molecule has 1 atom stereocenters. The number of hydrogen-bond acceptors (Lipinski definition) is 4. The number of aliphatic carboxylic acids is 1. The molecular weight excluding hydrogens is 290 g/mol. The van der Waals surface area contributed by atoms with E-state index in [0.717, 1.165) is 17.1 Å². The van der Waals surface area contributed by atoms with E-state index in [0.29, 0.717) is 19.5 Å². The Morgan fingerprint density at radius 1 is 1.48 bits per heavy atom. The lowest BCUT2D eigenvalue weighted by Gasteiger charge is -2.18. The third-order valence-electron chi connectivity index (χ3n) is 3.18. The first-order valence-corrected chi connectivity index (χ1v) is 7.88. The molecule has 0 bridgehead atoms. The number of nitrogens with one attached hydrogen (secondary N) is 1. The average Bonchev–Trinajstić information content (AvgIpc) is 2.81. The largest absolute Gasteiger partial charge is 0.481 e. The van der Waals surface area contributed by atoms with Crippen LogP contribution in [0.5, 0.6) is 0 Å². The molecule has 1 aromatic rings. The molecule has 1 aromatic heterocycles. The fraction of sp³-hybridized carbons (Fsp3) is 0.643. The third kappa shape index (κ3) is 7.08. The van der Waals surface area contributed by atoms with E-state index in [-0.39, 0.29) is 18.4 Å². The van der Waals surface area contributed by atoms with Gasteiger partial charge < -0.3 is 15.3 Å². The maximum atomic E-state index is 11.9. The van der Waals surface area contributed by atoms with Crippen molar-refractivity contribution < 1.29 is 14.7 Å². The SMILES string of the molecule is Cc1nc(CN(C)C(=O)NCCC(C)CCC(=O)O)cs1. The van der Waals surface area contributed by atoms with Crippen molar-refractivity contribution >= 4 is 23.3 Å². The summed E-state index contributed by atoms with van der Waals surface area (Å²) in [4.78, 5) is 28.3. The minimum Gasteiger partial charge on any atom is -0.481 e. The van der Waals surface area contributed by atoms with E-state index in [1.807, 2.05) is 19.2 Å². The number of aryl methyl sites for hydroxylation is 1. The number of urea groups is 1. The highest BCUT2D eigenvalue weighted by molar-refractivity contribution is 7.09. The highest BCUT2D eigenvalue weighted by Crippen LogP contribution is 2.11. The fourth-order valence-corrected chi connectivity index (χ4v) is 2.47. The van der Waals surface area contributed by atoms with Gasteiger partial charge >= 0.3 is 12.0 Å². The van der Waals surface area contributed by atoms with Gasteiger partial charge in [-0.3, -0.25) is 4.79 Å². The fourth-order valence-electron chi connectivity index (χ4n) is 1.87. The molecule has 1 unspecified atom stereocenters. The Labute approximate surface area is 129 Å². The van der Waals surface area contributed by atoms with Crippen LogP contribution in [0.3, 0.4) is 0 Å². The molecule has 2 amide bonds. The van der Waals surface area contributed by atoms with Gasteiger partial charge in [0.15, 0.2) is 0 Å². The van der Waals surface area contributed by atoms with Crippen molar-refractivity contribution in [1.29, 1.82) is 0 Å². The van der Waals surface area contributed by atoms with Gasteiger partial charge in [-0.05, 0) is 25.7 Å². The van der Waals surface area contributed by atoms with E-state index >= 15 is 0 Å². The lowest BCUT2D eigenvalue weighted by molar-refractivity contribution is -0.137. The van der Waals surface area contributed by atoms with Gasteiger partial charge in [-0.15, -0.1) is 11.3 Å². The van der Waals surface area contributed by atoms with Crippen LogP contribution in [0.4, 0.5) is 4.79 Å². The van der Waals surface area contributed by atoms with Crippen LogP contribution in [0.2, 0.25) is 0 Å². The molecule has 6 nitrogen and oxygen atoms in total. The summed E-state index contributed by atoms with van der Waals surface area (Å²) in [6.07, 6.45) is 1.60. The molecule has 0 fully saturated rings. The summed E-state index contributed by atoms with van der Waals surface area (Å²) in [7, 11) is 1.73. The Bertz CT molecular complexity index is 476. The maximum absolute atomic E-state index is 11.9. The highest BCUT2D eigenvalue weighted by Gasteiger charge is 2.11. The van der Waals surface area contributed by atoms with Crippen molar-refractivity contribution in [2.75, 3.05) is 13.6 Å². The normalized spacial score (nSPS) is 12.0. The Kier molecular flexibility index (Phi) is 7.14. The summed E-state index contributed by atoms with van der Waals surface area (Å²) >= 11 is 1.57. The molecule has 0 saturated heterocycles. The minimum absolute atomic E-state index is 0.133. The van der Waals surface area contributed by atoms with Gasteiger partial charge in [0.05, 0.1) is 17.2 Å². The Hall–Kier alpha value is -1.63. The second-order valence-corrected chi connectivity index (χ2v) is 6.33. The summed E-state index contributed by atoms with van der Waals surface area (Å²) in [6.45, 7) is 4.98. The molecule has 0 aliphatic carbocycles. The van der Waals surface area contributed by atoms with Crippen LogP contribution in [0.25, 0.3) is 0 Å². The predicted octanol–water partition coefficient (Wildman–Crippen LogP) is 2.48. The molecule has 0 saturated carbocycles. The minimum atomic E-state index is -0.774.